The van der Waals surface area contributed by atoms with Gasteiger partial charge in [0.05, 0.1) is 29.7 Å². The van der Waals surface area contributed by atoms with Crippen LogP contribution in [0.1, 0.15) is 34.1 Å². The number of aromatic nitrogens is 3. The summed E-state index contributed by atoms with van der Waals surface area (Å²) in [6, 6.07) is 4.35. The van der Waals surface area contributed by atoms with Crippen LogP contribution in [0.3, 0.4) is 0 Å². The minimum atomic E-state index is -4.62. The minimum absolute atomic E-state index is 0.0193. The van der Waals surface area contributed by atoms with Gasteiger partial charge in [0, 0.05) is 27.3 Å². The summed E-state index contributed by atoms with van der Waals surface area (Å²) in [4.78, 5) is 34.7. The number of anilines is 2. The Labute approximate surface area is 204 Å². The molecule has 2 aromatic heterocycles. The van der Waals surface area contributed by atoms with Crippen molar-refractivity contribution in [3.05, 3.63) is 72.4 Å². The van der Waals surface area contributed by atoms with E-state index in [0.717, 1.165) is 6.07 Å². The zero-order chi connectivity index (χ0) is 24.9. The SMILES string of the molecule is CC1Cc2c([nH]c(=S)n(-c3cnc(N)c(N)c3)c2=O)CN1C(=O)c1ccc(Br)c(C(F)(F)F)c1. The number of pyridine rings is 1. The number of nitrogen functional groups attached to an aromatic ring is 2. The second kappa shape index (κ2) is 8.55. The number of nitrogens with two attached hydrogens (primary N) is 2. The Kier molecular flexibility index (Phi) is 6.02. The molecule has 0 bridgehead atoms. The molecule has 5 N–H and O–H groups in total. The lowest BCUT2D eigenvalue weighted by atomic mass is 9.98. The fourth-order valence-electron chi connectivity index (χ4n) is 3.84. The monoisotopic (exact) mass is 554 g/mol. The lowest BCUT2D eigenvalue weighted by Crippen LogP contribution is -2.45. The number of benzene rings is 1. The first-order valence-electron chi connectivity index (χ1n) is 9.94. The van der Waals surface area contributed by atoms with Gasteiger partial charge in [-0.05, 0) is 49.8 Å². The third kappa shape index (κ3) is 4.20. The van der Waals surface area contributed by atoms with Crippen molar-refractivity contribution in [2.24, 2.45) is 0 Å². The average Bonchev–Trinajstić information content (AvgIpc) is 2.75. The molecule has 178 valence electrons. The molecular formula is C21H18BrF3N6O2S. The number of nitrogens with one attached hydrogen (secondary N) is 1. The van der Waals surface area contributed by atoms with Crippen LogP contribution in [0.15, 0.2) is 39.7 Å². The van der Waals surface area contributed by atoms with E-state index < -0.39 is 29.2 Å². The number of aromatic amines is 1. The van der Waals surface area contributed by atoms with Crippen LogP contribution in [0.4, 0.5) is 24.7 Å². The molecule has 0 aliphatic carbocycles. The van der Waals surface area contributed by atoms with E-state index in [9.17, 15) is 22.8 Å². The van der Waals surface area contributed by atoms with Gasteiger partial charge in [0.2, 0.25) is 0 Å². The second-order valence-corrected chi connectivity index (χ2v) is 9.12. The maximum Gasteiger partial charge on any atom is 0.417 e. The number of nitrogens with zero attached hydrogens (tertiary/aromatic N) is 3. The normalized spacial score (nSPS) is 15.8. The van der Waals surface area contributed by atoms with Gasteiger partial charge in [-0.2, -0.15) is 13.2 Å². The molecule has 1 aliphatic heterocycles. The molecule has 34 heavy (non-hydrogen) atoms. The average molecular weight is 555 g/mol. The highest BCUT2D eigenvalue weighted by atomic mass is 79.9. The number of carbonyl (C=O) groups excluding carboxylic acids is 1. The highest BCUT2D eigenvalue weighted by molar-refractivity contribution is 9.10. The Bertz CT molecular complexity index is 1440. The molecule has 1 unspecified atom stereocenters. The zero-order valence-corrected chi connectivity index (χ0v) is 20.0. The molecule has 1 aliphatic rings. The summed E-state index contributed by atoms with van der Waals surface area (Å²) in [7, 11) is 0. The Morgan fingerprint density at radius 2 is 2.00 bits per heavy atom. The van der Waals surface area contributed by atoms with Crippen molar-refractivity contribution in [1.82, 2.24) is 19.4 Å². The van der Waals surface area contributed by atoms with Crippen molar-refractivity contribution in [3.8, 4) is 5.69 Å². The molecule has 8 nitrogen and oxygen atoms in total. The third-order valence-corrected chi connectivity index (χ3v) is 6.60. The maximum atomic E-state index is 13.3. The van der Waals surface area contributed by atoms with Gasteiger partial charge >= 0.3 is 6.18 Å². The summed E-state index contributed by atoms with van der Waals surface area (Å²) in [6.07, 6.45) is -3.07. The van der Waals surface area contributed by atoms with Crippen molar-refractivity contribution < 1.29 is 18.0 Å². The van der Waals surface area contributed by atoms with Crippen molar-refractivity contribution in [2.75, 3.05) is 11.5 Å². The summed E-state index contributed by atoms with van der Waals surface area (Å²) in [6.45, 7) is 1.70. The highest BCUT2D eigenvalue weighted by Crippen LogP contribution is 2.36. The summed E-state index contributed by atoms with van der Waals surface area (Å²) in [5.74, 6) is -0.468. The molecule has 1 aromatic carbocycles. The number of H-pyrrole nitrogens is 1. The van der Waals surface area contributed by atoms with Crippen molar-refractivity contribution in [1.29, 1.82) is 0 Å². The fraction of sp³-hybridized carbons (Fsp3) is 0.238. The van der Waals surface area contributed by atoms with Crippen LogP contribution >= 0.6 is 28.1 Å². The molecule has 4 rings (SSSR count). The molecule has 13 heteroatoms. The van der Waals surface area contributed by atoms with E-state index in [4.69, 9.17) is 23.7 Å². The first-order valence-corrected chi connectivity index (χ1v) is 11.1. The van der Waals surface area contributed by atoms with Gasteiger partial charge in [-0.1, -0.05) is 15.9 Å². The molecule has 1 atom stereocenters. The third-order valence-electron chi connectivity index (χ3n) is 5.62. The first kappa shape index (κ1) is 24.0. The molecule has 3 heterocycles. The van der Waals surface area contributed by atoms with Gasteiger partial charge in [0.25, 0.3) is 11.5 Å². The maximum absolute atomic E-state index is 13.3. The van der Waals surface area contributed by atoms with E-state index in [1.165, 1.54) is 33.9 Å². The highest BCUT2D eigenvalue weighted by Gasteiger charge is 2.35. The number of carbonyl (C=O) groups is 1. The fourth-order valence-corrected chi connectivity index (χ4v) is 4.63. The largest absolute Gasteiger partial charge is 0.417 e. The summed E-state index contributed by atoms with van der Waals surface area (Å²) >= 11 is 8.23. The van der Waals surface area contributed by atoms with E-state index in [1.54, 1.807) is 6.92 Å². The summed E-state index contributed by atoms with van der Waals surface area (Å²) < 4.78 is 41.0. The predicted molar refractivity (Wildman–Crippen MR) is 126 cm³/mol. The number of amides is 1. The molecule has 0 saturated heterocycles. The van der Waals surface area contributed by atoms with Crippen molar-refractivity contribution in [3.63, 3.8) is 0 Å². The topological polar surface area (TPSA) is 123 Å². The Balaban J connectivity index is 1.72. The van der Waals surface area contributed by atoms with E-state index in [1.807, 2.05) is 0 Å². The van der Waals surface area contributed by atoms with E-state index in [-0.39, 0.29) is 39.3 Å². The quantitative estimate of drug-likeness (QED) is 0.414. The number of halogens is 4. The number of alkyl halides is 3. The van der Waals surface area contributed by atoms with Crippen LogP contribution in [0, 0.1) is 4.77 Å². The van der Waals surface area contributed by atoms with Gasteiger partial charge in [-0.25, -0.2) is 4.98 Å². The number of fused-ring (bicyclic) bond motifs is 1. The van der Waals surface area contributed by atoms with E-state index in [0.29, 0.717) is 16.9 Å². The summed E-state index contributed by atoms with van der Waals surface area (Å²) in [5.41, 5.74) is 11.4. The first-order chi connectivity index (χ1) is 15.9. The number of hydrogen-bond donors (Lipinski definition) is 3. The van der Waals surface area contributed by atoms with Gasteiger partial charge < -0.3 is 21.4 Å². The summed E-state index contributed by atoms with van der Waals surface area (Å²) in [5, 5.41) is 0. The van der Waals surface area contributed by atoms with Crippen LogP contribution in [0.25, 0.3) is 5.69 Å². The van der Waals surface area contributed by atoms with Crippen LogP contribution in [0.5, 0.6) is 0 Å². The van der Waals surface area contributed by atoms with Crippen LogP contribution in [-0.4, -0.2) is 31.4 Å². The Morgan fingerprint density at radius 3 is 2.65 bits per heavy atom. The smallest absolute Gasteiger partial charge is 0.396 e. The van der Waals surface area contributed by atoms with Crippen LogP contribution in [0.2, 0.25) is 0 Å². The molecule has 0 saturated carbocycles. The molecule has 0 spiro atoms. The van der Waals surface area contributed by atoms with E-state index in [2.05, 4.69) is 25.9 Å². The molecular weight excluding hydrogens is 537 g/mol. The minimum Gasteiger partial charge on any atom is -0.396 e. The Hall–Kier alpha value is -3.19. The van der Waals surface area contributed by atoms with Crippen LogP contribution < -0.4 is 17.0 Å². The van der Waals surface area contributed by atoms with Crippen molar-refractivity contribution >= 4 is 45.6 Å². The number of rotatable bonds is 2. The lowest BCUT2D eigenvalue weighted by molar-refractivity contribution is -0.138. The van der Waals surface area contributed by atoms with Crippen molar-refractivity contribution in [2.45, 2.75) is 32.1 Å². The van der Waals surface area contributed by atoms with E-state index >= 15 is 0 Å². The zero-order valence-electron chi connectivity index (χ0n) is 17.6. The van der Waals surface area contributed by atoms with Gasteiger partial charge in [-0.15, -0.1) is 0 Å². The molecule has 1 amide bonds. The number of hydrogen-bond acceptors (Lipinski definition) is 6. The molecule has 3 aromatic rings. The van der Waals surface area contributed by atoms with Gasteiger partial charge in [0.15, 0.2) is 4.77 Å². The van der Waals surface area contributed by atoms with Crippen LogP contribution in [-0.2, 0) is 19.1 Å². The predicted octanol–water partition coefficient (Wildman–Crippen LogP) is 3.82. The Morgan fingerprint density at radius 1 is 1.29 bits per heavy atom. The molecule has 0 radical (unpaired) electrons. The van der Waals surface area contributed by atoms with Gasteiger partial charge in [0.1, 0.15) is 5.82 Å². The standard InChI is InChI=1S/C21H18BrF3N6O2S/c1-9-4-12-16(29-20(34)31(19(12)33)11-6-15(26)17(27)28-7-11)8-30(9)18(32)10-2-3-14(22)13(5-10)21(23,24)25/h2-3,5-7,9H,4,8,26H2,1H3,(H2,27,28)(H,29,34). The lowest BCUT2D eigenvalue weighted by Gasteiger charge is -2.34. The second-order valence-electron chi connectivity index (χ2n) is 7.87. The van der Waals surface area contributed by atoms with Gasteiger partial charge in [-0.3, -0.25) is 14.2 Å². The molecule has 0 fully saturated rings.